The predicted octanol–water partition coefficient (Wildman–Crippen LogP) is 2.51. The number of hydrogen-bond acceptors (Lipinski definition) is 6. The van der Waals surface area contributed by atoms with Crippen molar-refractivity contribution >= 4 is 18.0 Å². The van der Waals surface area contributed by atoms with Crippen molar-refractivity contribution in [1.29, 1.82) is 0 Å². The van der Waals surface area contributed by atoms with Crippen LogP contribution >= 0.6 is 0 Å². The molecule has 1 saturated heterocycles. The van der Waals surface area contributed by atoms with E-state index in [1.54, 1.807) is 4.90 Å². The number of carbonyl (C=O) groups is 2. The molecule has 1 aromatic carbocycles. The van der Waals surface area contributed by atoms with Gasteiger partial charge in [0.05, 0.1) is 12.0 Å². The molecule has 138 valence electrons. The smallest absolute Gasteiger partial charge is 0.357 e. The Kier molecular flexibility index (Phi) is 5.11. The van der Waals surface area contributed by atoms with E-state index in [1.165, 1.54) is 0 Å². The van der Waals surface area contributed by atoms with Crippen molar-refractivity contribution in [3.63, 3.8) is 0 Å². The van der Waals surface area contributed by atoms with Crippen LogP contribution in [0.5, 0.6) is 5.75 Å². The number of anilines is 1. The zero-order chi connectivity index (χ0) is 18.6. The predicted molar refractivity (Wildman–Crippen MR) is 91.5 cm³/mol. The van der Waals surface area contributed by atoms with Crippen LogP contribution in [0.1, 0.15) is 29.8 Å². The van der Waals surface area contributed by atoms with Crippen molar-refractivity contribution in [1.82, 2.24) is 4.98 Å². The van der Waals surface area contributed by atoms with Crippen LogP contribution in [-0.4, -0.2) is 46.8 Å². The molecular formula is C18H20N2O6. The minimum absolute atomic E-state index is 0.136. The number of aromatic carboxylic acids is 1. The Morgan fingerprint density at radius 3 is 2.69 bits per heavy atom. The van der Waals surface area contributed by atoms with Crippen molar-refractivity contribution < 1.29 is 29.0 Å². The highest BCUT2D eigenvalue weighted by Crippen LogP contribution is 2.36. The molecule has 0 aliphatic carbocycles. The molecule has 8 nitrogen and oxygen atoms in total. The Bertz CT molecular complexity index is 775. The van der Waals surface area contributed by atoms with Gasteiger partial charge in [-0.3, -0.25) is 4.79 Å². The lowest BCUT2D eigenvalue weighted by Gasteiger charge is -2.39. The molecule has 8 heteroatoms. The maximum absolute atomic E-state index is 12.0. The second-order valence-electron chi connectivity index (χ2n) is 6.34. The fourth-order valence-electron chi connectivity index (χ4n) is 3.17. The first-order valence-corrected chi connectivity index (χ1v) is 8.35. The van der Waals surface area contributed by atoms with E-state index in [0.29, 0.717) is 31.6 Å². The zero-order valence-electron chi connectivity index (χ0n) is 14.1. The van der Waals surface area contributed by atoms with Crippen molar-refractivity contribution in [3.05, 3.63) is 42.3 Å². The van der Waals surface area contributed by atoms with Crippen molar-refractivity contribution in [3.8, 4) is 5.75 Å². The Hall–Kier alpha value is -3.03. The molecule has 0 unspecified atom stereocenters. The van der Waals surface area contributed by atoms with Crippen LogP contribution in [0.25, 0.3) is 0 Å². The average molecular weight is 360 g/mol. The third-order valence-electron chi connectivity index (χ3n) is 4.60. The number of carboxylic acids is 2. The van der Waals surface area contributed by atoms with Gasteiger partial charge in [0.15, 0.2) is 5.69 Å². The summed E-state index contributed by atoms with van der Waals surface area (Å²) in [4.78, 5) is 28.5. The summed E-state index contributed by atoms with van der Waals surface area (Å²) in [5.74, 6) is -1.39. The maximum atomic E-state index is 12.0. The molecule has 2 N–H and O–H groups in total. The highest BCUT2D eigenvalue weighted by molar-refractivity contribution is 5.85. The summed E-state index contributed by atoms with van der Waals surface area (Å²) in [6, 6.07) is 9.37. The second kappa shape index (κ2) is 7.47. The molecule has 26 heavy (non-hydrogen) atoms. The number of nitrogens with zero attached hydrogens (tertiary/aromatic N) is 2. The fourth-order valence-corrected chi connectivity index (χ4v) is 3.17. The van der Waals surface area contributed by atoms with Gasteiger partial charge in [-0.15, -0.1) is 0 Å². The van der Waals surface area contributed by atoms with Gasteiger partial charge in [0.1, 0.15) is 12.0 Å². The van der Waals surface area contributed by atoms with Gasteiger partial charge in [-0.2, -0.15) is 4.98 Å². The third-order valence-corrected chi connectivity index (χ3v) is 4.60. The van der Waals surface area contributed by atoms with Gasteiger partial charge in [-0.05, 0) is 31.4 Å². The summed E-state index contributed by atoms with van der Waals surface area (Å²) in [6.45, 7) is 1.03. The number of piperidine rings is 1. The van der Waals surface area contributed by atoms with Crippen LogP contribution in [-0.2, 0) is 4.79 Å². The van der Waals surface area contributed by atoms with Gasteiger partial charge in [-0.25, -0.2) is 4.79 Å². The normalized spacial score (nSPS) is 19.9. The first-order valence-electron chi connectivity index (χ1n) is 8.35. The maximum Gasteiger partial charge on any atom is 0.357 e. The SMILES string of the molecule is O=C(O)c1coc(N2CCC[C@](CCOc3ccccc3)(C(=O)O)C2)n1. The van der Waals surface area contributed by atoms with E-state index in [0.717, 1.165) is 6.26 Å². The van der Waals surface area contributed by atoms with Crippen molar-refractivity contribution in [2.24, 2.45) is 5.41 Å². The van der Waals surface area contributed by atoms with Crippen LogP contribution in [0.4, 0.5) is 6.01 Å². The number of aliphatic carboxylic acids is 1. The number of hydrogen-bond donors (Lipinski definition) is 2. The quantitative estimate of drug-likeness (QED) is 0.774. The lowest BCUT2D eigenvalue weighted by atomic mass is 9.77. The zero-order valence-corrected chi connectivity index (χ0v) is 14.1. The van der Waals surface area contributed by atoms with Gasteiger partial charge in [0.25, 0.3) is 6.01 Å². The summed E-state index contributed by atoms with van der Waals surface area (Å²) in [5, 5.41) is 18.8. The molecule has 0 spiro atoms. The molecule has 0 saturated carbocycles. The molecule has 2 aromatic rings. The van der Waals surface area contributed by atoms with Crippen LogP contribution in [0, 0.1) is 5.41 Å². The Balaban J connectivity index is 1.69. The van der Waals surface area contributed by atoms with Gasteiger partial charge in [-0.1, -0.05) is 18.2 Å². The number of para-hydroxylation sites is 1. The van der Waals surface area contributed by atoms with E-state index in [9.17, 15) is 14.7 Å². The molecule has 1 fully saturated rings. The molecule has 1 atom stereocenters. The number of ether oxygens (including phenoxy) is 1. The average Bonchev–Trinajstić information content (AvgIpc) is 3.13. The number of rotatable bonds is 7. The van der Waals surface area contributed by atoms with Crippen LogP contribution in [0.2, 0.25) is 0 Å². The summed E-state index contributed by atoms with van der Waals surface area (Å²) < 4.78 is 10.9. The minimum Gasteiger partial charge on any atom is -0.494 e. The molecule has 0 radical (unpaired) electrons. The number of oxazole rings is 1. The van der Waals surface area contributed by atoms with E-state index in [-0.39, 0.29) is 24.9 Å². The van der Waals surface area contributed by atoms with Gasteiger partial charge >= 0.3 is 11.9 Å². The van der Waals surface area contributed by atoms with Gasteiger partial charge in [0, 0.05) is 13.1 Å². The topological polar surface area (TPSA) is 113 Å². The van der Waals surface area contributed by atoms with E-state index < -0.39 is 17.4 Å². The van der Waals surface area contributed by atoms with Crippen LogP contribution < -0.4 is 9.64 Å². The molecule has 0 amide bonds. The van der Waals surface area contributed by atoms with E-state index in [4.69, 9.17) is 14.3 Å². The molecule has 1 aliphatic heterocycles. The molecular weight excluding hydrogens is 340 g/mol. The lowest BCUT2D eigenvalue weighted by Crippen LogP contribution is -2.48. The molecule has 0 bridgehead atoms. The first-order chi connectivity index (χ1) is 12.5. The van der Waals surface area contributed by atoms with Crippen LogP contribution in [0.3, 0.4) is 0 Å². The lowest BCUT2D eigenvalue weighted by molar-refractivity contribution is -0.150. The fraction of sp³-hybridized carbons (Fsp3) is 0.389. The van der Waals surface area contributed by atoms with E-state index in [1.807, 2.05) is 30.3 Å². The van der Waals surface area contributed by atoms with E-state index in [2.05, 4.69) is 4.98 Å². The number of carboxylic acid groups (broad SMARTS) is 2. The highest BCUT2D eigenvalue weighted by Gasteiger charge is 2.43. The van der Waals surface area contributed by atoms with Gasteiger partial charge < -0.3 is 24.3 Å². The number of benzene rings is 1. The molecule has 1 aromatic heterocycles. The molecule has 1 aliphatic rings. The first kappa shape index (κ1) is 17.8. The Morgan fingerprint density at radius 2 is 2.04 bits per heavy atom. The molecule has 3 rings (SSSR count). The summed E-state index contributed by atoms with van der Waals surface area (Å²) in [6.07, 6.45) is 2.55. The second-order valence-corrected chi connectivity index (χ2v) is 6.34. The summed E-state index contributed by atoms with van der Waals surface area (Å²) in [5.41, 5.74) is -1.19. The third kappa shape index (κ3) is 3.79. The number of aromatic nitrogens is 1. The Morgan fingerprint density at radius 1 is 1.27 bits per heavy atom. The van der Waals surface area contributed by atoms with Gasteiger partial charge in [0.2, 0.25) is 0 Å². The Labute approximate surface area is 150 Å². The van der Waals surface area contributed by atoms with Crippen LogP contribution in [0.15, 0.2) is 41.0 Å². The van der Waals surface area contributed by atoms with Crippen molar-refractivity contribution in [2.45, 2.75) is 19.3 Å². The monoisotopic (exact) mass is 360 g/mol. The van der Waals surface area contributed by atoms with Crippen molar-refractivity contribution in [2.75, 3.05) is 24.6 Å². The van der Waals surface area contributed by atoms with E-state index >= 15 is 0 Å². The standard InChI is InChI=1S/C18H20N2O6/c21-15(22)14-11-26-17(19-14)20-9-4-7-18(12-20,16(23)24)8-10-25-13-5-2-1-3-6-13/h1-3,5-6,11H,4,7-10,12H2,(H,21,22)(H,23,24)/t18-/m1/s1. The minimum atomic E-state index is -1.18. The largest absolute Gasteiger partial charge is 0.494 e. The summed E-state index contributed by atoms with van der Waals surface area (Å²) in [7, 11) is 0. The highest BCUT2D eigenvalue weighted by atomic mass is 16.5. The molecule has 2 heterocycles. The summed E-state index contributed by atoms with van der Waals surface area (Å²) >= 11 is 0.